The van der Waals surface area contributed by atoms with E-state index in [0.717, 1.165) is 0 Å². The summed E-state index contributed by atoms with van der Waals surface area (Å²) in [5.41, 5.74) is 10.9. The van der Waals surface area contributed by atoms with Crippen LogP contribution in [-0.2, 0) is 24.0 Å². The summed E-state index contributed by atoms with van der Waals surface area (Å²) in [6.07, 6.45) is 1.19. The largest absolute Gasteiger partial charge is 0.480 e. The van der Waals surface area contributed by atoms with Gasteiger partial charge in [-0.05, 0) is 37.5 Å². The van der Waals surface area contributed by atoms with Crippen molar-refractivity contribution in [3.63, 3.8) is 0 Å². The third-order valence-electron chi connectivity index (χ3n) is 5.24. The van der Waals surface area contributed by atoms with Gasteiger partial charge in [0.25, 0.3) is 0 Å². The Labute approximate surface area is 188 Å². The molecule has 1 heterocycles. The van der Waals surface area contributed by atoms with Crippen LogP contribution in [0.2, 0.25) is 0 Å². The molecule has 0 aromatic rings. The summed E-state index contributed by atoms with van der Waals surface area (Å²) in [6.45, 7) is 7.76. The van der Waals surface area contributed by atoms with Gasteiger partial charge in [-0.3, -0.25) is 19.2 Å². The minimum Gasteiger partial charge on any atom is -0.480 e. The molecule has 4 unspecified atom stereocenters. The van der Waals surface area contributed by atoms with Gasteiger partial charge in [0.15, 0.2) is 0 Å². The lowest BCUT2D eigenvalue weighted by molar-refractivity contribution is -0.143. The van der Waals surface area contributed by atoms with E-state index >= 15 is 0 Å². The number of nitrogens with zero attached hydrogens (tertiary/aromatic N) is 1. The molecule has 0 spiro atoms. The first-order valence-electron chi connectivity index (χ1n) is 11.0. The molecule has 1 aliphatic rings. The highest BCUT2D eigenvalue weighted by Gasteiger charge is 2.38. The SMILES string of the molecule is CC(C)CC(NC(=O)C(CC(C)C)NC(=O)C1CCCN1C(=O)C(N)CC(N)=O)C(=O)O. The van der Waals surface area contributed by atoms with Crippen LogP contribution in [0, 0.1) is 11.8 Å². The van der Waals surface area contributed by atoms with E-state index in [0.29, 0.717) is 25.8 Å². The van der Waals surface area contributed by atoms with Gasteiger partial charge >= 0.3 is 5.97 Å². The van der Waals surface area contributed by atoms with Crippen LogP contribution in [0.4, 0.5) is 0 Å². The first-order valence-corrected chi connectivity index (χ1v) is 11.0. The minimum absolute atomic E-state index is 0.0460. The van der Waals surface area contributed by atoms with Crippen LogP contribution in [0.15, 0.2) is 0 Å². The molecule has 0 radical (unpaired) electrons. The quantitative estimate of drug-likeness (QED) is 0.258. The summed E-state index contributed by atoms with van der Waals surface area (Å²) in [4.78, 5) is 62.3. The van der Waals surface area contributed by atoms with Crippen LogP contribution >= 0.6 is 0 Å². The number of aliphatic carboxylic acids is 1. The van der Waals surface area contributed by atoms with Crippen molar-refractivity contribution in [2.24, 2.45) is 23.3 Å². The predicted molar refractivity (Wildman–Crippen MR) is 117 cm³/mol. The van der Waals surface area contributed by atoms with Gasteiger partial charge in [-0.15, -0.1) is 0 Å². The zero-order valence-corrected chi connectivity index (χ0v) is 19.3. The molecule has 32 heavy (non-hydrogen) atoms. The van der Waals surface area contributed by atoms with Crippen LogP contribution in [0.1, 0.15) is 59.8 Å². The smallest absolute Gasteiger partial charge is 0.326 e. The molecule has 4 atom stereocenters. The second-order valence-electron chi connectivity index (χ2n) is 9.19. The molecule has 1 saturated heterocycles. The average Bonchev–Trinajstić information content (AvgIpc) is 3.14. The van der Waals surface area contributed by atoms with Crippen molar-refractivity contribution in [2.75, 3.05) is 6.54 Å². The van der Waals surface area contributed by atoms with Crippen molar-refractivity contribution in [2.45, 2.75) is 84.0 Å². The van der Waals surface area contributed by atoms with Gasteiger partial charge in [0, 0.05) is 6.54 Å². The van der Waals surface area contributed by atoms with Gasteiger partial charge < -0.3 is 32.1 Å². The number of primary amides is 1. The number of carbonyl (C=O) groups excluding carboxylic acids is 4. The Morgan fingerprint density at radius 3 is 2.06 bits per heavy atom. The summed E-state index contributed by atoms with van der Waals surface area (Å²) >= 11 is 0. The number of nitrogens with one attached hydrogen (secondary N) is 2. The normalized spacial score (nSPS) is 18.8. The Morgan fingerprint density at radius 2 is 1.56 bits per heavy atom. The van der Waals surface area contributed by atoms with Crippen LogP contribution < -0.4 is 22.1 Å². The van der Waals surface area contributed by atoms with E-state index in [1.54, 1.807) is 0 Å². The summed E-state index contributed by atoms with van der Waals surface area (Å²) < 4.78 is 0. The molecule has 4 amide bonds. The van der Waals surface area contributed by atoms with Crippen molar-refractivity contribution < 1.29 is 29.1 Å². The van der Waals surface area contributed by atoms with Crippen molar-refractivity contribution in [3.8, 4) is 0 Å². The first kappa shape index (κ1) is 27.3. The highest BCUT2D eigenvalue weighted by atomic mass is 16.4. The maximum atomic E-state index is 13.0. The number of likely N-dealkylation sites (tertiary alicyclic amines) is 1. The van der Waals surface area contributed by atoms with E-state index in [-0.39, 0.29) is 24.7 Å². The van der Waals surface area contributed by atoms with Gasteiger partial charge in [-0.1, -0.05) is 27.7 Å². The molecule has 1 aliphatic heterocycles. The summed E-state index contributed by atoms with van der Waals surface area (Å²) in [5.74, 6) is -3.40. The molecule has 7 N–H and O–H groups in total. The standard InChI is InChI=1S/C21H37N5O6/c1-11(2)8-14(18(28)25-15(21(31)32)9-12(3)4)24-19(29)16-6-5-7-26(16)20(30)13(22)10-17(23)27/h11-16H,5-10,22H2,1-4H3,(H2,23,27)(H,24,29)(H,25,28)(H,31,32). The summed E-state index contributed by atoms with van der Waals surface area (Å²) in [7, 11) is 0. The molecule has 0 aliphatic carbocycles. The molecule has 0 saturated carbocycles. The first-order chi connectivity index (χ1) is 14.8. The van der Waals surface area contributed by atoms with E-state index in [2.05, 4.69) is 10.6 Å². The van der Waals surface area contributed by atoms with Crippen molar-refractivity contribution in [1.82, 2.24) is 15.5 Å². The summed E-state index contributed by atoms with van der Waals surface area (Å²) in [6, 6.07) is -3.98. The van der Waals surface area contributed by atoms with Gasteiger partial charge in [0.1, 0.15) is 18.1 Å². The number of nitrogens with two attached hydrogens (primary N) is 2. The van der Waals surface area contributed by atoms with Crippen LogP contribution in [-0.4, -0.2) is 70.3 Å². The lowest BCUT2D eigenvalue weighted by Crippen LogP contribution is -2.57. The zero-order chi connectivity index (χ0) is 24.6. The Hall–Kier alpha value is -2.69. The number of hydrogen-bond donors (Lipinski definition) is 5. The Morgan fingerprint density at radius 1 is 1.00 bits per heavy atom. The monoisotopic (exact) mass is 455 g/mol. The minimum atomic E-state index is -1.14. The lowest BCUT2D eigenvalue weighted by atomic mass is 10.00. The van der Waals surface area contributed by atoms with Crippen molar-refractivity contribution in [3.05, 3.63) is 0 Å². The molecule has 0 bridgehead atoms. The molecule has 1 fully saturated rings. The van der Waals surface area contributed by atoms with E-state index in [9.17, 15) is 29.1 Å². The van der Waals surface area contributed by atoms with Crippen LogP contribution in [0.25, 0.3) is 0 Å². The number of carboxylic acids is 1. The molecule has 182 valence electrons. The second-order valence-corrected chi connectivity index (χ2v) is 9.19. The number of hydrogen-bond acceptors (Lipinski definition) is 6. The number of carboxylic acid groups (broad SMARTS) is 1. The maximum Gasteiger partial charge on any atom is 0.326 e. The summed E-state index contributed by atoms with van der Waals surface area (Å²) in [5, 5.41) is 14.6. The van der Waals surface area contributed by atoms with Gasteiger partial charge in [-0.25, -0.2) is 4.79 Å². The number of carbonyl (C=O) groups is 5. The molecule has 1 rings (SSSR count). The fraction of sp³-hybridized carbons (Fsp3) is 0.762. The maximum absolute atomic E-state index is 13.0. The average molecular weight is 456 g/mol. The molecular formula is C21H37N5O6. The fourth-order valence-corrected chi connectivity index (χ4v) is 3.76. The van der Waals surface area contributed by atoms with E-state index < -0.39 is 53.8 Å². The van der Waals surface area contributed by atoms with Gasteiger partial charge in [0.05, 0.1) is 12.5 Å². The highest BCUT2D eigenvalue weighted by Crippen LogP contribution is 2.19. The Kier molecular flexibility index (Phi) is 10.6. The van der Waals surface area contributed by atoms with Crippen LogP contribution in [0.3, 0.4) is 0 Å². The van der Waals surface area contributed by atoms with E-state index in [1.807, 2.05) is 27.7 Å². The van der Waals surface area contributed by atoms with E-state index in [4.69, 9.17) is 11.5 Å². The zero-order valence-electron chi connectivity index (χ0n) is 19.3. The molecule has 0 aromatic heterocycles. The van der Waals surface area contributed by atoms with Gasteiger partial charge in [-0.2, -0.15) is 0 Å². The Balaban J connectivity index is 2.92. The number of amides is 4. The fourth-order valence-electron chi connectivity index (χ4n) is 3.76. The number of rotatable bonds is 12. The lowest BCUT2D eigenvalue weighted by Gasteiger charge is -2.29. The van der Waals surface area contributed by atoms with E-state index in [1.165, 1.54) is 4.90 Å². The molecule has 0 aromatic carbocycles. The van der Waals surface area contributed by atoms with Gasteiger partial charge in [0.2, 0.25) is 23.6 Å². The van der Waals surface area contributed by atoms with Crippen molar-refractivity contribution >= 4 is 29.6 Å². The highest BCUT2D eigenvalue weighted by molar-refractivity contribution is 5.95. The third-order valence-corrected chi connectivity index (χ3v) is 5.24. The molecule has 11 nitrogen and oxygen atoms in total. The predicted octanol–water partition coefficient (Wildman–Crippen LogP) is -0.673. The van der Waals surface area contributed by atoms with Crippen LogP contribution in [0.5, 0.6) is 0 Å². The third kappa shape index (κ3) is 8.45. The second kappa shape index (κ2) is 12.4. The molecule has 11 heteroatoms. The van der Waals surface area contributed by atoms with Crippen molar-refractivity contribution in [1.29, 1.82) is 0 Å². The Bertz CT molecular complexity index is 711. The topological polar surface area (TPSA) is 185 Å². The molecular weight excluding hydrogens is 418 g/mol.